The highest BCUT2D eigenvalue weighted by Gasteiger charge is 2.25. The molecule has 0 unspecified atom stereocenters. The molecule has 28 heavy (non-hydrogen) atoms. The highest BCUT2D eigenvalue weighted by Crippen LogP contribution is 2.30. The van der Waals surface area contributed by atoms with Crippen LogP contribution in [0.3, 0.4) is 0 Å². The average molecular weight is 404 g/mol. The SMILES string of the molecule is COC(=O)/C(=N/N)c1c(O)c(C)nc2nn(-c3ccc(Cl)c(C(=O)O)c3)cc12. The number of aromatic hydroxyl groups is 1. The largest absolute Gasteiger partial charge is 0.505 e. The van der Waals surface area contributed by atoms with Crippen molar-refractivity contribution in [2.24, 2.45) is 10.9 Å². The number of nitrogens with two attached hydrogens (primary N) is 1. The number of nitrogens with zero attached hydrogens (tertiary/aromatic N) is 4. The van der Waals surface area contributed by atoms with Gasteiger partial charge in [0, 0.05) is 6.20 Å². The number of fused-ring (bicyclic) bond motifs is 1. The molecule has 2 heterocycles. The number of halogens is 1. The van der Waals surface area contributed by atoms with Crippen LogP contribution in [0.1, 0.15) is 21.6 Å². The van der Waals surface area contributed by atoms with Crippen molar-refractivity contribution in [2.75, 3.05) is 7.11 Å². The molecule has 1 aromatic carbocycles. The van der Waals surface area contributed by atoms with Crippen molar-refractivity contribution in [2.45, 2.75) is 6.92 Å². The van der Waals surface area contributed by atoms with Crippen molar-refractivity contribution < 1.29 is 24.5 Å². The minimum Gasteiger partial charge on any atom is -0.505 e. The van der Waals surface area contributed by atoms with Gasteiger partial charge in [-0.2, -0.15) is 5.10 Å². The maximum absolute atomic E-state index is 12.0. The van der Waals surface area contributed by atoms with Gasteiger partial charge in [0.1, 0.15) is 5.75 Å². The molecule has 0 saturated heterocycles. The molecule has 0 bridgehead atoms. The Hall–Kier alpha value is -3.66. The van der Waals surface area contributed by atoms with Crippen molar-refractivity contribution in [3.63, 3.8) is 0 Å². The molecular weight excluding hydrogens is 390 g/mol. The predicted molar refractivity (Wildman–Crippen MR) is 100.0 cm³/mol. The minimum atomic E-state index is -1.20. The second-order valence-corrected chi connectivity index (χ2v) is 6.08. The molecule has 0 fully saturated rings. The van der Waals surface area contributed by atoms with Crippen LogP contribution < -0.4 is 5.84 Å². The number of aromatic nitrogens is 3. The quantitative estimate of drug-likeness (QED) is 0.257. The summed E-state index contributed by atoms with van der Waals surface area (Å²) in [7, 11) is 1.15. The molecule has 4 N–H and O–H groups in total. The van der Waals surface area contributed by atoms with Gasteiger partial charge in [0.05, 0.1) is 40.0 Å². The first kappa shape index (κ1) is 19.1. The number of carbonyl (C=O) groups excluding carboxylic acids is 1. The number of hydrazone groups is 1. The van der Waals surface area contributed by atoms with Gasteiger partial charge in [0.15, 0.2) is 11.4 Å². The van der Waals surface area contributed by atoms with E-state index in [4.69, 9.17) is 17.4 Å². The van der Waals surface area contributed by atoms with Crippen molar-refractivity contribution >= 4 is 40.3 Å². The van der Waals surface area contributed by atoms with Gasteiger partial charge in [-0.05, 0) is 25.1 Å². The average Bonchev–Trinajstić information content (AvgIpc) is 3.08. The second-order valence-electron chi connectivity index (χ2n) is 5.67. The van der Waals surface area contributed by atoms with Crippen molar-refractivity contribution in [3.8, 4) is 11.4 Å². The first-order valence-corrected chi connectivity index (χ1v) is 8.15. The Morgan fingerprint density at radius 3 is 2.68 bits per heavy atom. The van der Waals surface area contributed by atoms with Crippen LogP contribution in [0.5, 0.6) is 5.75 Å². The fourth-order valence-corrected chi connectivity index (χ4v) is 2.85. The van der Waals surface area contributed by atoms with Crippen molar-refractivity contribution in [1.82, 2.24) is 14.8 Å². The lowest BCUT2D eigenvalue weighted by atomic mass is 10.1. The van der Waals surface area contributed by atoms with Gasteiger partial charge in [0.25, 0.3) is 0 Å². The van der Waals surface area contributed by atoms with E-state index in [1.807, 2.05) is 0 Å². The number of ether oxygens (including phenoxy) is 1. The maximum atomic E-state index is 12.0. The predicted octanol–water partition coefficient (Wildman–Crippen LogP) is 1.62. The first-order chi connectivity index (χ1) is 13.3. The molecule has 0 atom stereocenters. The number of carboxylic acids is 1. The third-order valence-corrected chi connectivity index (χ3v) is 4.34. The number of hydrogen-bond acceptors (Lipinski definition) is 8. The summed E-state index contributed by atoms with van der Waals surface area (Å²) in [6.45, 7) is 1.52. The van der Waals surface area contributed by atoms with E-state index in [1.54, 1.807) is 6.07 Å². The Balaban J connectivity index is 2.28. The molecule has 0 aliphatic carbocycles. The molecular formula is C17H14ClN5O5. The molecule has 11 heteroatoms. The van der Waals surface area contributed by atoms with E-state index in [2.05, 4.69) is 19.9 Å². The fourth-order valence-electron chi connectivity index (χ4n) is 2.65. The van der Waals surface area contributed by atoms with Crippen LogP contribution in [0, 0.1) is 6.92 Å². The van der Waals surface area contributed by atoms with Gasteiger partial charge in [-0.3, -0.25) is 0 Å². The molecule has 144 valence electrons. The highest BCUT2D eigenvalue weighted by molar-refractivity contribution is 6.46. The van der Waals surface area contributed by atoms with Gasteiger partial charge in [-0.25, -0.2) is 19.3 Å². The normalized spacial score (nSPS) is 11.6. The number of carboxylic acid groups (broad SMARTS) is 1. The van der Waals surface area contributed by atoms with Crippen molar-refractivity contribution in [1.29, 1.82) is 0 Å². The summed E-state index contributed by atoms with van der Waals surface area (Å²) in [6.07, 6.45) is 1.46. The maximum Gasteiger partial charge on any atom is 0.359 e. The molecule has 0 saturated carbocycles. The lowest BCUT2D eigenvalue weighted by Crippen LogP contribution is -2.20. The van der Waals surface area contributed by atoms with Crippen LogP contribution in [0.2, 0.25) is 5.02 Å². The molecule has 3 aromatic rings. The Morgan fingerprint density at radius 1 is 1.36 bits per heavy atom. The van der Waals surface area contributed by atoms with Crippen LogP contribution in [-0.2, 0) is 9.53 Å². The minimum absolute atomic E-state index is 0.00974. The number of carbonyl (C=O) groups is 2. The second kappa shape index (κ2) is 7.16. The summed E-state index contributed by atoms with van der Waals surface area (Å²) in [6, 6.07) is 4.32. The third-order valence-electron chi connectivity index (χ3n) is 4.01. The Bertz CT molecular complexity index is 1150. The first-order valence-electron chi connectivity index (χ1n) is 7.77. The zero-order chi connectivity index (χ0) is 20.6. The zero-order valence-electron chi connectivity index (χ0n) is 14.7. The summed E-state index contributed by atoms with van der Waals surface area (Å²) in [4.78, 5) is 27.5. The number of benzene rings is 1. The molecule has 0 radical (unpaired) electrons. The number of pyridine rings is 1. The molecule has 3 rings (SSSR count). The molecule has 0 amide bonds. The van der Waals surface area contributed by atoms with Crippen LogP contribution in [-0.4, -0.2) is 49.7 Å². The number of esters is 1. The zero-order valence-corrected chi connectivity index (χ0v) is 15.4. The number of aromatic carboxylic acids is 1. The number of rotatable bonds is 4. The number of aryl methyl sites for hydroxylation is 1. The molecule has 0 aliphatic heterocycles. The van der Waals surface area contributed by atoms with Crippen LogP contribution in [0.15, 0.2) is 29.5 Å². The van der Waals surface area contributed by atoms with E-state index in [0.717, 1.165) is 7.11 Å². The standard InChI is InChI=1S/C17H14ClN5O5/c1-7-14(24)12(13(21-19)17(27)28-2)10-6-23(22-15(10)20-7)8-3-4-11(18)9(5-8)16(25)26/h3-6,24H,19H2,1-2H3,(H,25,26)/b21-13+. The summed E-state index contributed by atoms with van der Waals surface area (Å²) in [5, 5.41) is 27.7. The van der Waals surface area contributed by atoms with Crippen molar-refractivity contribution in [3.05, 3.63) is 46.2 Å². The lowest BCUT2D eigenvalue weighted by molar-refractivity contribution is -0.132. The van der Waals surface area contributed by atoms with Gasteiger partial charge in [-0.1, -0.05) is 11.6 Å². The van der Waals surface area contributed by atoms with Gasteiger partial charge in [0.2, 0.25) is 0 Å². The molecule has 2 aromatic heterocycles. The molecule has 0 aliphatic rings. The van der Waals surface area contributed by atoms with Gasteiger partial charge in [-0.15, -0.1) is 5.10 Å². The van der Waals surface area contributed by atoms with E-state index in [9.17, 15) is 19.8 Å². The highest BCUT2D eigenvalue weighted by atomic mass is 35.5. The number of methoxy groups -OCH3 is 1. The van der Waals surface area contributed by atoms with Crippen LogP contribution in [0.4, 0.5) is 0 Å². The summed E-state index contributed by atoms with van der Waals surface area (Å²) in [5.74, 6) is 2.98. The van der Waals surface area contributed by atoms with E-state index in [0.29, 0.717) is 5.69 Å². The van der Waals surface area contributed by atoms with E-state index < -0.39 is 11.9 Å². The van der Waals surface area contributed by atoms with E-state index in [1.165, 1.54) is 29.9 Å². The van der Waals surface area contributed by atoms with Crippen LogP contribution >= 0.6 is 11.6 Å². The number of hydrogen-bond donors (Lipinski definition) is 3. The summed E-state index contributed by atoms with van der Waals surface area (Å²) >= 11 is 5.90. The smallest absolute Gasteiger partial charge is 0.359 e. The summed E-state index contributed by atoms with van der Waals surface area (Å²) < 4.78 is 6.00. The fraction of sp³-hybridized carbons (Fsp3) is 0.118. The monoisotopic (exact) mass is 403 g/mol. The molecule has 0 spiro atoms. The van der Waals surface area contributed by atoms with Gasteiger partial charge >= 0.3 is 11.9 Å². The third kappa shape index (κ3) is 3.09. The molecule has 10 nitrogen and oxygen atoms in total. The van der Waals surface area contributed by atoms with E-state index >= 15 is 0 Å². The Morgan fingerprint density at radius 2 is 2.07 bits per heavy atom. The topological polar surface area (TPSA) is 153 Å². The Kier molecular flexibility index (Phi) is 4.89. The Labute approximate surface area is 162 Å². The lowest BCUT2D eigenvalue weighted by Gasteiger charge is -2.08. The van der Waals surface area contributed by atoms with Gasteiger partial charge < -0.3 is 20.8 Å². The van der Waals surface area contributed by atoms with E-state index in [-0.39, 0.29) is 44.3 Å². The summed E-state index contributed by atoms with van der Waals surface area (Å²) in [5.41, 5.74) is 0.354. The van der Waals surface area contributed by atoms with Crippen LogP contribution in [0.25, 0.3) is 16.7 Å².